The lowest BCUT2D eigenvalue weighted by Crippen LogP contribution is -2.05. The van der Waals surface area contributed by atoms with Gasteiger partial charge in [-0.05, 0) is 43.1 Å². The zero-order valence-corrected chi connectivity index (χ0v) is 10.7. The molecule has 17 heavy (non-hydrogen) atoms. The summed E-state index contributed by atoms with van der Waals surface area (Å²) in [5.74, 6) is 0. The third kappa shape index (κ3) is 2.75. The van der Waals surface area contributed by atoms with Gasteiger partial charge in [0.25, 0.3) is 0 Å². The van der Waals surface area contributed by atoms with Crippen molar-refractivity contribution in [1.82, 2.24) is 5.32 Å². The molecular weight excluding hydrogens is 206 g/mol. The summed E-state index contributed by atoms with van der Waals surface area (Å²) in [5, 5.41) is 3.18. The quantitative estimate of drug-likeness (QED) is 0.840. The standard InChI is InChI=1S/C16H19N/c1-12-4-7-15(8-5-12)16-9-6-14(11-17-3)10-13(16)2/h4-10,17H,11H2,1-3H3. The maximum Gasteiger partial charge on any atom is 0.0202 e. The van der Waals surface area contributed by atoms with Crippen molar-refractivity contribution < 1.29 is 0 Å². The van der Waals surface area contributed by atoms with Crippen molar-refractivity contribution in [3.8, 4) is 11.1 Å². The highest BCUT2D eigenvalue weighted by Crippen LogP contribution is 2.24. The van der Waals surface area contributed by atoms with Gasteiger partial charge in [0.2, 0.25) is 0 Å². The zero-order valence-electron chi connectivity index (χ0n) is 10.7. The second-order valence-electron chi connectivity index (χ2n) is 4.55. The van der Waals surface area contributed by atoms with Crippen LogP contribution in [0.5, 0.6) is 0 Å². The molecule has 88 valence electrons. The lowest BCUT2D eigenvalue weighted by Gasteiger charge is -2.09. The molecule has 0 radical (unpaired) electrons. The average molecular weight is 225 g/mol. The van der Waals surface area contributed by atoms with E-state index in [4.69, 9.17) is 0 Å². The molecule has 2 aromatic rings. The van der Waals surface area contributed by atoms with Crippen LogP contribution in [0.25, 0.3) is 11.1 Å². The Hall–Kier alpha value is -1.60. The van der Waals surface area contributed by atoms with E-state index >= 15 is 0 Å². The molecule has 0 saturated carbocycles. The second-order valence-corrected chi connectivity index (χ2v) is 4.55. The van der Waals surface area contributed by atoms with E-state index < -0.39 is 0 Å². The Morgan fingerprint density at radius 2 is 1.65 bits per heavy atom. The molecule has 1 nitrogen and oxygen atoms in total. The summed E-state index contributed by atoms with van der Waals surface area (Å²) in [6.45, 7) is 5.22. The third-order valence-electron chi connectivity index (χ3n) is 3.03. The molecule has 0 heterocycles. The van der Waals surface area contributed by atoms with E-state index in [9.17, 15) is 0 Å². The summed E-state index contributed by atoms with van der Waals surface area (Å²) in [6, 6.07) is 15.4. The Bertz CT molecular complexity index is 497. The van der Waals surface area contributed by atoms with E-state index in [1.807, 2.05) is 7.05 Å². The van der Waals surface area contributed by atoms with Crippen molar-refractivity contribution in [2.75, 3.05) is 7.05 Å². The van der Waals surface area contributed by atoms with Crippen LogP contribution in [0.4, 0.5) is 0 Å². The van der Waals surface area contributed by atoms with Gasteiger partial charge in [0.15, 0.2) is 0 Å². The first-order valence-electron chi connectivity index (χ1n) is 6.02. The van der Waals surface area contributed by atoms with E-state index in [-0.39, 0.29) is 0 Å². The number of aryl methyl sites for hydroxylation is 2. The molecule has 1 N–H and O–H groups in total. The fourth-order valence-electron chi connectivity index (χ4n) is 2.10. The minimum atomic E-state index is 0.926. The van der Waals surface area contributed by atoms with E-state index in [0.29, 0.717) is 0 Å². The monoisotopic (exact) mass is 225 g/mol. The van der Waals surface area contributed by atoms with Crippen LogP contribution in [0.2, 0.25) is 0 Å². The van der Waals surface area contributed by atoms with Crippen LogP contribution in [0, 0.1) is 13.8 Å². The molecular formula is C16H19N. The zero-order chi connectivity index (χ0) is 12.3. The molecule has 0 bridgehead atoms. The third-order valence-corrected chi connectivity index (χ3v) is 3.03. The Morgan fingerprint density at radius 1 is 0.941 bits per heavy atom. The molecule has 0 atom stereocenters. The van der Waals surface area contributed by atoms with Crippen LogP contribution < -0.4 is 5.32 Å². The van der Waals surface area contributed by atoms with E-state index in [0.717, 1.165) is 6.54 Å². The molecule has 0 unspecified atom stereocenters. The summed E-state index contributed by atoms with van der Waals surface area (Å²) in [6.07, 6.45) is 0. The van der Waals surface area contributed by atoms with Gasteiger partial charge >= 0.3 is 0 Å². The van der Waals surface area contributed by atoms with Crippen LogP contribution in [-0.4, -0.2) is 7.05 Å². The summed E-state index contributed by atoms with van der Waals surface area (Å²) < 4.78 is 0. The Labute approximate surface area is 103 Å². The van der Waals surface area contributed by atoms with Gasteiger partial charge < -0.3 is 5.32 Å². The average Bonchev–Trinajstić information content (AvgIpc) is 2.31. The minimum Gasteiger partial charge on any atom is -0.316 e. The molecule has 0 amide bonds. The lowest BCUT2D eigenvalue weighted by molar-refractivity contribution is 0.817. The number of rotatable bonds is 3. The number of benzene rings is 2. The van der Waals surface area contributed by atoms with Crippen molar-refractivity contribution in [2.45, 2.75) is 20.4 Å². The number of nitrogens with one attached hydrogen (secondary N) is 1. The van der Waals surface area contributed by atoms with Gasteiger partial charge in [0.1, 0.15) is 0 Å². The van der Waals surface area contributed by atoms with Gasteiger partial charge in [-0.2, -0.15) is 0 Å². The molecule has 1 heteroatoms. The van der Waals surface area contributed by atoms with E-state index in [2.05, 4.69) is 61.6 Å². The summed E-state index contributed by atoms with van der Waals surface area (Å²) in [5.41, 5.74) is 6.59. The van der Waals surface area contributed by atoms with Crippen molar-refractivity contribution in [2.24, 2.45) is 0 Å². The molecule has 2 rings (SSSR count). The lowest BCUT2D eigenvalue weighted by atomic mass is 9.98. The van der Waals surface area contributed by atoms with Gasteiger partial charge in [0, 0.05) is 6.54 Å². The highest BCUT2D eigenvalue weighted by Gasteiger charge is 2.02. The fraction of sp³-hybridized carbons (Fsp3) is 0.250. The van der Waals surface area contributed by atoms with Crippen LogP contribution in [0.3, 0.4) is 0 Å². The van der Waals surface area contributed by atoms with E-state index in [1.165, 1.54) is 27.8 Å². The van der Waals surface area contributed by atoms with Crippen LogP contribution >= 0.6 is 0 Å². The summed E-state index contributed by atoms with van der Waals surface area (Å²) in [7, 11) is 1.98. The van der Waals surface area contributed by atoms with Crippen LogP contribution in [-0.2, 0) is 6.54 Å². The molecule has 0 aliphatic carbocycles. The molecule has 0 aromatic heterocycles. The van der Waals surface area contributed by atoms with Gasteiger partial charge in [-0.1, -0.05) is 48.0 Å². The molecule has 0 aliphatic rings. The molecule has 2 aromatic carbocycles. The van der Waals surface area contributed by atoms with Crippen molar-refractivity contribution >= 4 is 0 Å². The van der Waals surface area contributed by atoms with Crippen molar-refractivity contribution in [1.29, 1.82) is 0 Å². The Morgan fingerprint density at radius 3 is 2.24 bits per heavy atom. The van der Waals surface area contributed by atoms with Crippen molar-refractivity contribution in [3.63, 3.8) is 0 Å². The Kier molecular flexibility index (Phi) is 3.60. The molecule has 0 fully saturated rings. The smallest absolute Gasteiger partial charge is 0.0202 e. The highest BCUT2D eigenvalue weighted by atomic mass is 14.8. The first kappa shape index (κ1) is 11.9. The molecule has 0 aliphatic heterocycles. The number of hydrogen-bond donors (Lipinski definition) is 1. The summed E-state index contributed by atoms with van der Waals surface area (Å²) >= 11 is 0. The predicted molar refractivity (Wildman–Crippen MR) is 74.1 cm³/mol. The fourth-order valence-corrected chi connectivity index (χ4v) is 2.10. The maximum absolute atomic E-state index is 3.18. The van der Waals surface area contributed by atoms with Gasteiger partial charge in [-0.3, -0.25) is 0 Å². The minimum absolute atomic E-state index is 0.926. The summed E-state index contributed by atoms with van der Waals surface area (Å²) in [4.78, 5) is 0. The van der Waals surface area contributed by atoms with Crippen LogP contribution in [0.1, 0.15) is 16.7 Å². The first-order chi connectivity index (χ1) is 8.20. The largest absolute Gasteiger partial charge is 0.316 e. The highest BCUT2D eigenvalue weighted by molar-refractivity contribution is 5.67. The van der Waals surface area contributed by atoms with E-state index in [1.54, 1.807) is 0 Å². The molecule has 0 spiro atoms. The van der Waals surface area contributed by atoms with Gasteiger partial charge in [-0.15, -0.1) is 0 Å². The molecule has 0 saturated heterocycles. The van der Waals surface area contributed by atoms with Gasteiger partial charge in [-0.25, -0.2) is 0 Å². The normalized spacial score (nSPS) is 10.5. The predicted octanol–water partition coefficient (Wildman–Crippen LogP) is 3.69. The van der Waals surface area contributed by atoms with Gasteiger partial charge in [0.05, 0.1) is 0 Å². The Balaban J connectivity index is 2.36. The maximum atomic E-state index is 3.18. The first-order valence-corrected chi connectivity index (χ1v) is 6.02. The second kappa shape index (κ2) is 5.15. The SMILES string of the molecule is CNCc1ccc(-c2ccc(C)cc2)c(C)c1. The topological polar surface area (TPSA) is 12.0 Å². The van der Waals surface area contributed by atoms with Crippen molar-refractivity contribution in [3.05, 3.63) is 59.2 Å². The number of hydrogen-bond acceptors (Lipinski definition) is 1. The van der Waals surface area contributed by atoms with Crippen LogP contribution in [0.15, 0.2) is 42.5 Å².